The predicted molar refractivity (Wildman–Crippen MR) is 82.3 cm³/mol. The second-order valence-corrected chi connectivity index (χ2v) is 6.45. The lowest BCUT2D eigenvalue weighted by Gasteiger charge is -2.23. The van der Waals surface area contributed by atoms with Gasteiger partial charge in [0, 0.05) is 18.1 Å². The van der Waals surface area contributed by atoms with Crippen molar-refractivity contribution < 1.29 is 9.72 Å². The minimum atomic E-state index is -0.414. The molecule has 2 N–H and O–H groups in total. The number of carbonyl (C=O) groups excluding carboxylic acids is 1. The summed E-state index contributed by atoms with van der Waals surface area (Å²) in [6, 6.07) is 6.24. The standard InChI is InChI=1S/C16H21N3O3/c1-11(12-3-2-4-13(9-12)19(21)22)18-15(20)14-10-16(14)5-7-17-8-6-16/h2-4,9,11,14,17H,5-8,10H2,1H3,(H,18,20). The zero-order chi connectivity index (χ0) is 15.7. The van der Waals surface area contributed by atoms with Crippen LogP contribution in [0.1, 0.15) is 37.8 Å². The number of rotatable bonds is 4. The van der Waals surface area contributed by atoms with Crippen LogP contribution in [0.25, 0.3) is 0 Å². The van der Waals surface area contributed by atoms with E-state index in [1.54, 1.807) is 6.07 Å². The van der Waals surface area contributed by atoms with Crippen LogP contribution in [0.3, 0.4) is 0 Å². The Balaban J connectivity index is 1.62. The number of piperidine rings is 1. The molecule has 0 aromatic heterocycles. The second-order valence-electron chi connectivity index (χ2n) is 6.45. The van der Waals surface area contributed by atoms with Crippen LogP contribution in [-0.4, -0.2) is 23.9 Å². The van der Waals surface area contributed by atoms with Crippen LogP contribution < -0.4 is 10.6 Å². The van der Waals surface area contributed by atoms with Crippen molar-refractivity contribution in [2.24, 2.45) is 11.3 Å². The monoisotopic (exact) mass is 303 g/mol. The Bertz CT molecular complexity index is 596. The molecule has 1 aliphatic heterocycles. The highest BCUT2D eigenvalue weighted by atomic mass is 16.6. The van der Waals surface area contributed by atoms with Gasteiger partial charge in [-0.1, -0.05) is 12.1 Å². The van der Waals surface area contributed by atoms with Crippen molar-refractivity contribution in [3.05, 3.63) is 39.9 Å². The molecule has 22 heavy (non-hydrogen) atoms. The van der Waals surface area contributed by atoms with Gasteiger partial charge in [-0.15, -0.1) is 0 Å². The van der Waals surface area contributed by atoms with Gasteiger partial charge in [-0.25, -0.2) is 0 Å². The number of benzene rings is 1. The van der Waals surface area contributed by atoms with Gasteiger partial charge in [-0.3, -0.25) is 14.9 Å². The molecule has 1 aromatic rings. The van der Waals surface area contributed by atoms with Gasteiger partial charge in [0.05, 0.1) is 11.0 Å². The molecule has 2 aliphatic rings. The minimum absolute atomic E-state index is 0.0554. The second kappa shape index (κ2) is 5.68. The van der Waals surface area contributed by atoms with Crippen molar-refractivity contribution in [1.29, 1.82) is 0 Å². The molecule has 1 aliphatic carbocycles. The van der Waals surface area contributed by atoms with Crippen LogP contribution in [0, 0.1) is 21.4 Å². The third kappa shape index (κ3) is 2.83. The first-order valence-corrected chi connectivity index (χ1v) is 7.77. The third-order valence-electron chi connectivity index (χ3n) is 5.05. The van der Waals surface area contributed by atoms with E-state index in [1.165, 1.54) is 12.1 Å². The lowest BCUT2D eigenvalue weighted by atomic mass is 9.91. The van der Waals surface area contributed by atoms with Crippen molar-refractivity contribution in [1.82, 2.24) is 10.6 Å². The lowest BCUT2D eigenvalue weighted by molar-refractivity contribution is -0.384. The van der Waals surface area contributed by atoms with E-state index in [0.717, 1.165) is 37.9 Å². The van der Waals surface area contributed by atoms with Gasteiger partial charge in [0.2, 0.25) is 5.91 Å². The molecule has 0 radical (unpaired) electrons. The van der Waals surface area contributed by atoms with Crippen LogP contribution in [0.15, 0.2) is 24.3 Å². The largest absolute Gasteiger partial charge is 0.349 e. The maximum Gasteiger partial charge on any atom is 0.269 e. The molecule has 2 atom stereocenters. The summed E-state index contributed by atoms with van der Waals surface area (Å²) in [4.78, 5) is 22.8. The van der Waals surface area contributed by atoms with Crippen molar-refractivity contribution in [2.45, 2.75) is 32.2 Å². The highest BCUT2D eigenvalue weighted by Gasteiger charge is 2.57. The summed E-state index contributed by atoms with van der Waals surface area (Å²) in [6.45, 7) is 3.85. The topological polar surface area (TPSA) is 84.3 Å². The van der Waals surface area contributed by atoms with E-state index < -0.39 is 4.92 Å². The molecule has 1 saturated carbocycles. The number of hydrogen-bond donors (Lipinski definition) is 2. The van der Waals surface area contributed by atoms with Crippen LogP contribution >= 0.6 is 0 Å². The first-order valence-electron chi connectivity index (χ1n) is 7.77. The van der Waals surface area contributed by atoms with Crippen molar-refractivity contribution in [3.63, 3.8) is 0 Å². The van der Waals surface area contributed by atoms with Crippen molar-refractivity contribution in [3.8, 4) is 0 Å². The zero-order valence-corrected chi connectivity index (χ0v) is 12.7. The molecule has 1 heterocycles. The summed E-state index contributed by atoms with van der Waals surface area (Å²) in [6.07, 6.45) is 3.11. The third-order valence-corrected chi connectivity index (χ3v) is 5.05. The van der Waals surface area contributed by atoms with Crippen molar-refractivity contribution in [2.75, 3.05) is 13.1 Å². The molecule has 1 aromatic carbocycles. The summed E-state index contributed by atoms with van der Waals surface area (Å²) in [5.41, 5.74) is 1.03. The number of hydrogen-bond acceptors (Lipinski definition) is 4. The maximum absolute atomic E-state index is 12.4. The minimum Gasteiger partial charge on any atom is -0.349 e. The Morgan fingerprint density at radius 3 is 2.86 bits per heavy atom. The lowest BCUT2D eigenvalue weighted by Crippen LogP contribution is -2.34. The number of amides is 1. The first kappa shape index (κ1) is 15.0. The van der Waals surface area contributed by atoms with Gasteiger partial charge in [-0.05, 0) is 50.3 Å². The Hall–Kier alpha value is -1.95. The normalized spacial score (nSPS) is 23.8. The zero-order valence-electron chi connectivity index (χ0n) is 12.7. The fourth-order valence-corrected chi connectivity index (χ4v) is 3.50. The number of nitro groups is 1. The van der Waals surface area contributed by atoms with E-state index in [-0.39, 0.29) is 29.0 Å². The maximum atomic E-state index is 12.4. The Kier molecular flexibility index (Phi) is 3.87. The Morgan fingerprint density at radius 1 is 1.45 bits per heavy atom. The number of nitrogens with zero attached hydrogens (tertiary/aromatic N) is 1. The smallest absolute Gasteiger partial charge is 0.269 e. The van der Waals surface area contributed by atoms with E-state index in [2.05, 4.69) is 10.6 Å². The molecule has 6 heteroatoms. The van der Waals surface area contributed by atoms with E-state index in [9.17, 15) is 14.9 Å². The molecule has 1 amide bonds. The Morgan fingerprint density at radius 2 is 2.18 bits per heavy atom. The molecule has 2 fully saturated rings. The molecule has 0 bridgehead atoms. The van der Waals surface area contributed by atoms with Gasteiger partial charge < -0.3 is 10.6 Å². The molecule has 1 spiro atoms. The van der Waals surface area contributed by atoms with Crippen LogP contribution in [0.4, 0.5) is 5.69 Å². The van der Waals surface area contributed by atoms with E-state index in [1.807, 2.05) is 13.0 Å². The number of nitro benzene ring substituents is 1. The summed E-state index contributed by atoms with van der Waals surface area (Å²) in [5.74, 6) is 0.191. The molecule has 118 valence electrons. The number of nitrogens with one attached hydrogen (secondary N) is 2. The van der Waals surface area contributed by atoms with E-state index in [0.29, 0.717) is 0 Å². The highest BCUT2D eigenvalue weighted by molar-refractivity contribution is 5.83. The van der Waals surface area contributed by atoms with Crippen LogP contribution in [-0.2, 0) is 4.79 Å². The van der Waals surface area contributed by atoms with Crippen molar-refractivity contribution >= 4 is 11.6 Å². The van der Waals surface area contributed by atoms with Crippen LogP contribution in [0.2, 0.25) is 0 Å². The first-order chi connectivity index (χ1) is 10.5. The van der Waals surface area contributed by atoms with Gasteiger partial charge >= 0.3 is 0 Å². The number of carbonyl (C=O) groups is 1. The average Bonchev–Trinajstić information content (AvgIpc) is 3.21. The molecule has 1 saturated heterocycles. The summed E-state index contributed by atoms with van der Waals surface area (Å²) >= 11 is 0. The highest BCUT2D eigenvalue weighted by Crippen LogP contribution is 2.58. The summed E-state index contributed by atoms with van der Waals surface area (Å²) in [7, 11) is 0. The predicted octanol–water partition coefficient (Wildman–Crippen LogP) is 2.16. The van der Waals surface area contributed by atoms with Gasteiger partial charge in [0.1, 0.15) is 0 Å². The molecule has 3 rings (SSSR count). The Labute approximate surface area is 129 Å². The van der Waals surface area contributed by atoms with Gasteiger partial charge in [0.25, 0.3) is 5.69 Å². The fraction of sp³-hybridized carbons (Fsp3) is 0.562. The molecule has 6 nitrogen and oxygen atoms in total. The van der Waals surface area contributed by atoms with E-state index in [4.69, 9.17) is 0 Å². The SMILES string of the molecule is CC(NC(=O)C1CC12CCNCC2)c1cccc([N+](=O)[O-])c1. The van der Waals surface area contributed by atoms with Gasteiger partial charge in [-0.2, -0.15) is 0 Å². The van der Waals surface area contributed by atoms with E-state index >= 15 is 0 Å². The summed E-state index contributed by atoms with van der Waals surface area (Å²) < 4.78 is 0. The molecular formula is C16H21N3O3. The summed E-state index contributed by atoms with van der Waals surface area (Å²) in [5, 5.41) is 17.2. The fourth-order valence-electron chi connectivity index (χ4n) is 3.50. The average molecular weight is 303 g/mol. The van der Waals surface area contributed by atoms with Crippen LogP contribution in [0.5, 0.6) is 0 Å². The van der Waals surface area contributed by atoms with Gasteiger partial charge in [0.15, 0.2) is 0 Å². The molecular weight excluding hydrogens is 282 g/mol. The molecule has 2 unspecified atom stereocenters. The number of non-ortho nitro benzene ring substituents is 1. The quantitative estimate of drug-likeness (QED) is 0.659.